The van der Waals surface area contributed by atoms with Crippen LogP contribution in [0.4, 0.5) is 0 Å². The molecule has 0 saturated heterocycles. The third kappa shape index (κ3) is 3.73. The summed E-state index contributed by atoms with van der Waals surface area (Å²) in [6.07, 6.45) is 1.50. The van der Waals surface area contributed by atoms with Crippen LogP contribution in [0.3, 0.4) is 0 Å². The van der Waals surface area contributed by atoms with E-state index in [4.69, 9.17) is 18.9 Å². The number of carbonyl (C=O) groups excluding carboxylic acids is 3. The molecule has 1 aliphatic heterocycles. The van der Waals surface area contributed by atoms with Crippen molar-refractivity contribution in [3.05, 3.63) is 41.5 Å². The lowest BCUT2D eigenvalue weighted by atomic mass is 9.70. The Hall–Kier alpha value is -2.86. The molecular weight excluding hydrogens is 490 g/mol. The van der Waals surface area contributed by atoms with Crippen LogP contribution in [0, 0.1) is 16.7 Å². The summed E-state index contributed by atoms with van der Waals surface area (Å²) in [6, 6.07) is 7.79. The summed E-state index contributed by atoms with van der Waals surface area (Å²) < 4.78 is 42.2. The largest absolute Gasteiger partial charge is 0.468 e. The number of Topliss-reactive ketones (excluding diaryl/α,β-unsaturated/α-hetero) is 1. The van der Waals surface area contributed by atoms with Crippen LogP contribution < -0.4 is 4.74 Å². The minimum absolute atomic E-state index is 0.0337. The number of imide groups is 1. The number of hydrogen-bond acceptors (Lipinski definition) is 9. The van der Waals surface area contributed by atoms with Crippen LogP contribution in [0.2, 0.25) is 0 Å². The van der Waals surface area contributed by atoms with Crippen molar-refractivity contribution >= 4 is 38.5 Å². The van der Waals surface area contributed by atoms with E-state index in [9.17, 15) is 22.8 Å². The van der Waals surface area contributed by atoms with Gasteiger partial charge in [0.05, 0.1) is 35.5 Å². The molecule has 5 rings (SSSR count). The number of benzene rings is 2. The van der Waals surface area contributed by atoms with Crippen molar-refractivity contribution in [2.75, 3.05) is 25.8 Å². The smallest absolute Gasteiger partial charge is 0.289 e. The van der Waals surface area contributed by atoms with Crippen LogP contribution in [-0.2, 0) is 23.9 Å². The first-order valence-electron chi connectivity index (χ1n) is 11.7. The monoisotopic (exact) mass is 517 g/mol. The number of aliphatic hydroxyl groups excluding tert-OH is 1. The molecule has 2 fully saturated rings. The Morgan fingerprint density at radius 2 is 1.86 bits per heavy atom. The molecule has 0 aromatic heterocycles. The molecule has 192 valence electrons. The number of aliphatic hydroxyl groups is 1. The summed E-state index contributed by atoms with van der Waals surface area (Å²) >= 11 is 0. The lowest BCUT2D eigenvalue weighted by Gasteiger charge is -2.36. The zero-order valence-corrected chi connectivity index (χ0v) is 20.8. The molecule has 1 N–H and O–H groups in total. The van der Waals surface area contributed by atoms with Gasteiger partial charge in [-0.25, -0.2) is 0 Å². The molecule has 2 aliphatic carbocycles. The van der Waals surface area contributed by atoms with Gasteiger partial charge in [-0.1, -0.05) is 26.0 Å². The van der Waals surface area contributed by atoms with Crippen molar-refractivity contribution < 1.29 is 41.7 Å². The van der Waals surface area contributed by atoms with Crippen molar-refractivity contribution in [2.24, 2.45) is 16.7 Å². The Bertz CT molecular complexity index is 1380. The molecule has 2 atom stereocenters. The molecule has 0 spiro atoms. The lowest BCUT2D eigenvalue weighted by Crippen LogP contribution is -2.46. The number of hydrogen-bond donors (Lipinski definition) is 1. The summed E-state index contributed by atoms with van der Waals surface area (Å²) in [5.74, 6) is -2.21. The van der Waals surface area contributed by atoms with Gasteiger partial charge in [-0.2, -0.15) is 8.42 Å². The fourth-order valence-corrected chi connectivity index (χ4v) is 7.69. The number of hydroxylamine groups is 2. The molecule has 2 bridgehead atoms. The molecule has 10 nitrogen and oxygen atoms in total. The number of rotatable bonds is 9. The molecule has 36 heavy (non-hydrogen) atoms. The van der Waals surface area contributed by atoms with Crippen LogP contribution in [0.15, 0.2) is 30.3 Å². The summed E-state index contributed by atoms with van der Waals surface area (Å²) in [5.41, 5.74) is -1.49. The van der Waals surface area contributed by atoms with Crippen molar-refractivity contribution in [3.8, 4) is 5.75 Å². The Morgan fingerprint density at radius 1 is 1.11 bits per heavy atom. The van der Waals surface area contributed by atoms with Gasteiger partial charge in [0.2, 0.25) is 0 Å². The highest BCUT2D eigenvalue weighted by Crippen LogP contribution is 2.64. The topological polar surface area (TPSA) is 137 Å². The van der Waals surface area contributed by atoms with Gasteiger partial charge < -0.3 is 14.6 Å². The molecule has 2 unspecified atom stereocenters. The molecule has 1 heterocycles. The van der Waals surface area contributed by atoms with E-state index in [-0.39, 0.29) is 53.6 Å². The van der Waals surface area contributed by atoms with Crippen molar-refractivity contribution in [3.63, 3.8) is 0 Å². The number of fused-ring (bicyclic) bond motifs is 2. The number of nitrogens with zero attached hydrogens (tertiary/aromatic N) is 1. The van der Waals surface area contributed by atoms with Crippen LogP contribution in [0.5, 0.6) is 5.75 Å². The normalized spacial score (nSPS) is 24.7. The third-order valence-electron chi connectivity index (χ3n) is 8.08. The maximum absolute atomic E-state index is 13.3. The van der Waals surface area contributed by atoms with E-state index >= 15 is 0 Å². The van der Waals surface area contributed by atoms with E-state index < -0.39 is 38.5 Å². The summed E-state index contributed by atoms with van der Waals surface area (Å²) in [5, 5.41) is 9.99. The average molecular weight is 518 g/mol. The second-order valence-corrected chi connectivity index (χ2v) is 11.7. The summed E-state index contributed by atoms with van der Waals surface area (Å²) in [7, 11) is -4.49. The second kappa shape index (κ2) is 8.62. The van der Waals surface area contributed by atoms with E-state index in [0.29, 0.717) is 23.6 Å². The highest BCUT2D eigenvalue weighted by molar-refractivity contribution is 7.86. The molecule has 2 saturated carbocycles. The van der Waals surface area contributed by atoms with Crippen molar-refractivity contribution in [1.82, 2.24) is 5.06 Å². The predicted octanol–water partition coefficient (Wildman–Crippen LogP) is 2.44. The zero-order chi connectivity index (χ0) is 25.9. The molecule has 11 heteroatoms. The Kier molecular flexibility index (Phi) is 5.94. The highest BCUT2D eigenvalue weighted by atomic mass is 32.2. The van der Waals surface area contributed by atoms with E-state index in [1.165, 1.54) is 12.1 Å². The van der Waals surface area contributed by atoms with Gasteiger partial charge >= 0.3 is 0 Å². The van der Waals surface area contributed by atoms with E-state index in [0.717, 1.165) is 6.42 Å². The Morgan fingerprint density at radius 3 is 2.53 bits per heavy atom. The standard InChI is InChI=1S/C25H27NO9S/c1-24(2)16-6-7-25(24,20(28)11-16)13-36(31,32)35-26-22(29)18-5-3-4-15-10-17(34-14-33-9-8-27)12-19(21(15)18)23(26)30/h3-5,10,12,16,27H,6-9,11,13-14H2,1-2H3. The molecule has 2 amide bonds. The zero-order valence-electron chi connectivity index (χ0n) is 20.0. The Labute approximate surface area is 208 Å². The SMILES string of the molecule is CC1(C)C2CCC1(CS(=O)(=O)ON1C(=O)c3cccc4cc(OCOCCO)cc(c34)C1=O)C(=O)C2. The molecule has 2 aromatic rings. The minimum atomic E-state index is -4.49. The first-order chi connectivity index (χ1) is 17.0. The number of carbonyl (C=O) groups is 3. The quantitative estimate of drug-likeness (QED) is 0.302. The molecule has 2 aromatic carbocycles. The Balaban J connectivity index is 1.45. The van der Waals surface area contributed by atoms with E-state index in [1.807, 2.05) is 13.8 Å². The summed E-state index contributed by atoms with van der Waals surface area (Å²) in [6.45, 7) is 3.50. The van der Waals surface area contributed by atoms with Gasteiger partial charge in [0.15, 0.2) is 6.79 Å². The third-order valence-corrected chi connectivity index (χ3v) is 9.30. The van der Waals surface area contributed by atoms with E-state index in [1.54, 1.807) is 18.2 Å². The van der Waals surface area contributed by atoms with Crippen LogP contribution in [0.25, 0.3) is 10.8 Å². The average Bonchev–Trinajstić information content (AvgIpc) is 3.17. The van der Waals surface area contributed by atoms with Gasteiger partial charge in [0.25, 0.3) is 21.9 Å². The second-order valence-electron chi connectivity index (χ2n) is 10.1. The number of ketones is 1. The fourth-order valence-electron chi connectivity index (χ4n) is 5.99. The van der Waals surface area contributed by atoms with Gasteiger partial charge in [0.1, 0.15) is 11.5 Å². The van der Waals surface area contributed by atoms with Crippen LogP contribution >= 0.6 is 0 Å². The maximum Gasteiger partial charge on any atom is 0.289 e. The minimum Gasteiger partial charge on any atom is -0.468 e. The van der Waals surface area contributed by atoms with Gasteiger partial charge in [-0.3, -0.25) is 14.4 Å². The number of amides is 2. The lowest BCUT2D eigenvalue weighted by molar-refractivity contribution is -0.128. The van der Waals surface area contributed by atoms with Crippen molar-refractivity contribution in [2.45, 2.75) is 33.1 Å². The highest BCUT2D eigenvalue weighted by Gasteiger charge is 2.65. The molecule has 0 radical (unpaired) electrons. The van der Waals surface area contributed by atoms with Gasteiger partial charge in [-0.05, 0) is 47.8 Å². The van der Waals surface area contributed by atoms with E-state index in [2.05, 4.69) is 0 Å². The van der Waals surface area contributed by atoms with Gasteiger partial charge in [0, 0.05) is 11.8 Å². The molecule has 3 aliphatic rings. The van der Waals surface area contributed by atoms with Crippen molar-refractivity contribution in [1.29, 1.82) is 0 Å². The first-order valence-corrected chi connectivity index (χ1v) is 13.3. The van der Waals surface area contributed by atoms with Crippen LogP contribution in [-0.4, -0.2) is 61.9 Å². The summed E-state index contributed by atoms with van der Waals surface area (Å²) in [4.78, 5) is 39.3. The van der Waals surface area contributed by atoms with Gasteiger partial charge in [-0.15, -0.1) is 9.35 Å². The van der Waals surface area contributed by atoms with Crippen LogP contribution in [0.1, 0.15) is 53.8 Å². The molecular formula is C25H27NO9S. The maximum atomic E-state index is 13.3. The predicted molar refractivity (Wildman–Crippen MR) is 126 cm³/mol. The number of ether oxygens (including phenoxy) is 2. The fraction of sp³-hybridized carbons (Fsp3) is 0.480. The first kappa shape index (κ1) is 24.8.